The van der Waals surface area contributed by atoms with Crippen molar-refractivity contribution in [3.8, 4) is 0 Å². The van der Waals surface area contributed by atoms with Crippen molar-refractivity contribution in [1.29, 1.82) is 0 Å². The molecule has 1 fully saturated rings. The molecule has 1 aromatic heterocycles. The van der Waals surface area contributed by atoms with Gasteiger partial charge in [-0.3, -0.25) is 0 Å². The van der Waals surface area contributed by atoms with Crippen molar-refractivity contribution in [3.05, 3.63) is 16.1 Å². The molecule has 6 heteroatoms. The molecule has 0 N–H and O–H groups in total. The Hall–Kier alpha value is -0.460. The fraction of sp³-hybridized carbons (Fsp3) is 0.870. The Kier molecular flexibility index (Phi) is 13.8. The van der Waals surface area contributed by atoms with Gasteiger partial charge in [0.15, 0.2) is 0 Å². The summed E-state index contributed by atoms with van der Waals surface area (Å²) in [5.74, 6) is 2.50. The molecule has 0 amide bonds. The molecule has 0 atom stereocenters. The molecule has 0 aliphatic carbocycles. The lowest BCUT2D eigenvalue weighted by Gasteiger charge is -2.33. The van der Waals surface area contributed by atoms with Crippen LogP contribution >= 0.6 is 11.3 Å². The number of aromatic nitrogens is 1. The lowest BCUT2D eigenvalue weighted by molar-refractivity contribution is 0.165. The molecule has 0 bridgehead atoms. The summed E-state index contributed by atoms with van der Waals surface area (Å²) in [6, 6.07) is 0.132. The number of rotatable bonds is 4. The Balaban J connectivity index is 0. The maximum atomic E-state index is 11.1. The Morgan fingerprint density at radius 2 is 1.52 bits per heavy atom. The van der Waals surface area contributed by atoms with Crippen LogP contribution in [-0.4, -0.2) is 36.0 Å². The first-order valence-electron chi connectivity index (χ1n) is 10.5. The van der Waals surface area contributed by atoms with Crippen molar-refractivity contribution in [1.82, 2.24) is 9.29 Å². The number of nitrogens with zero attached hydrogens (tertiary/aromatic N) is 2. The van der Waals surface area contributed by atoms with Gasteiger partial charge in [-0.25, -0.2) is 13.4 Å². The van der Waals surface area contributed by atoms with E-state index in [1.165, 1.54) is 10.7 Å². The van der Waals surface area contributed by atoms with Crippen LogP contribution in [0.15, 0.2) is 5.38 Å². The van der Waals surface area contributed by atoms with Crippen LogP contribution in [0.5, 0.6) is 0 Å². The third-order valence-electron chi connectivity index (χ3n) is 5.92. The van der Waals surface area contributed by atoms with Crippen molar-refractivity contribution >= 4 is 21.4 Å². The summed E-state index contributed by atoms with van der Waals surface area (Å²) in [7, 11) is -2.85. The molecule has 0 radical (unpaired) electrons. The van der Waals surface area contributed by atoms with E-state index in [1.54, 1.807) is 15.6 Å². The van der Waals surface area contributed by atoms with Gasteiger partial charge in [-0.15, -0.1) is 11.3 Å². The second-order valence-electron chi connectivity index (χ2n) is 9.45. The molecule has 2 rings (SSSR count). The number of hydrogen-bond acceptors (Lipinski definition) is 4. The lowest BCUT2D eigenvalue weighted by Crippen LogP contribution is -2.32. The van der Waals surface area contributed by atoms with Crippen molar-refractivity contribution in [2.75, 3.05) is 12.3 Å². The van der Waals surface area contributed by atoms with E-state index in [0.29, 0.717) is 23.6 Å². The summed E-state index contributed by atoms with van der Waals surface area (Å²) in [6.07, 6.45) is 0.792. The van der Waals surface area contributed by atoms with Crippen LogP contribution in [0.1, 0.15) is 99.7 Å². The van der Waals surface area contributed by atoms with E-state index in [9.17, 15) is 8.42 Å². The highest BCUT2D eigenvalue weighted by Crippen LogP contribution is 2.33. The van der Waals surface area contributed by atoms with Crippen LogP contribution in [0.4, 0.5) is 0 Å². The third kappa shape index (κ3) is 10.4. The van der Waals surface area contributed by atoms with E-state index in [4.69, 9.17) is 0 Å². The first-order valence-corrected chi connectivity index (χ1v) is 13.0. The molecular formula is C23H48N2O2S2. The number of thiazole rings is 1. The highest BCUT2D eigenvalue weighted by atomic mass is 32.2. The maximum absolute atomic E-state index is 11.1. The molecule has 4 nitrogen and oxygen atoms in total. The van der Waals surface area contributed by atoms with Crippen molar-refractivity contribution in [3.63, 3.8) is 0 Å². The zero-order chi connectivity index (χ0) is 22.3. The van der Waals surface area contributed by atoms with Gasteiger partial charge in [0, 0.05) is 18.0 Å². The Bertz CT molecular complexity index is 650. The van der Waals surface area contributed by atoms with Gasteiger partial charge in [-0.1, -0.05) is 62.8 Å². The molecule has 0 spiro atoms. The SMILES string of the molecule is C.CC(C)C(C)(C)C(C)C.CC(C)N1CCCS1(=O)=O.Cc1nc(C(C)C)cs1. The van der Waals surface area contributed by atoms with E-state index in [2.05, 4.69) is 65.8 Å². The zero-order valence-electron chi connectivity index (χ0n) is 20.0. The fourth-order valence-corrected chi connectivity index (χ4v) is 5.10. The van der Waals surface area contributed by atoms with Crippen molar-refractivity contribution in [2.45, 2.75) is 102 Å². The molecular weight excluding hydrogens is 400 g/mol. The van der Waals surface area contributed by atoms with Gasteiger partial charge in [-0.2, -0.15) is 4.31 Å². The van der Waals surface area contributed by atoms with Gasteiger partial charge >= 0.3 is 0 Å². The van der Waals surface area contributed by atoms with Crippen LogP contribution in [0.3, 0.4) is 0 Å². The van der Waals surface area contributed by atoms with Crippen LogP contribution < -0.4 is 0 Å². The third-order valence-corrected chi connectivity index (χ3v) is 8.83. The predicted molar refractivity (Wildman–Crippen MR) is 131 cm³/mol. The van der Waals surface area contributed by atoms with Crippen LogP contribution in [-0.2, 0) is 10.0 Å². The largest absolute Gasteiger partial charge is 0.246 e. The highest BCUT2D eigenvalue weighted by molar-refractivity contribution is 7.89. The minimum absolute atomic E-state index is 0. The Morgan fingerprint density at radius 3 is 1.66 bits per heavy atom. The predicted octanol–water partition coefficient (Wildman–Crippen LogP) is 6.97. The average Bonchev–Trinajstić information content (AvgIpc) is 3.13. The number of aryl methyl sites for hydroxylation is 1. The maximum Gasteiger partial charge on any atom is 0.214 e. The Morgan fingerprint density at radius 1 is 1.03 bits per heavy atom. The van der Waals surface area contributed by atoms with Crippen LogP contribution in [0.25, 0.3) is 0 Å². The van der Waals surface area contributed by atoms with E-state index in [-0.39, 0.29) is 13.5 Å². The van der Waals surface area contributed by atoms with E-state index in [1.807, 2.05) is 20.8 Å². The topological polar surface area (TPSA) is 50.3 Å². The van der Waals surface area contributed by atoms with E-state index in [0.717, 1.165) is 18.3 Å². The first kappa shape index (κ1) is 30.7. The average molecular weight is 449 g/mol. The van der Waals surface area contributed by atoms with Gasteiger partial charge in [0.2, 0.25) is 10.0 Å². The quantitative estimate of drug-likeness (QED) is 0.500. The Labute approximate surface area is 186 Å². The smallest absolute Gasteiger partial charge is 0.214 e. The standard InChI is InChI=1S/C9H20.C7H11NS.C6H13NO2S.CH4/c1-7(2)9(5,6)8(3)4;1-5(2)7-4-9-6(3)8-7;1-6(2)7-4-3-5-10(7,8)9;/h7-8H,1-6H3;4-5H,1-3H3;6H,3-5H2,1-2H3;1H4. The molecule has 174 valence electrons. The fourth-order valence-electron chi connectivity index (χ4n) is 2.55. The van der Waals surface area contributed by atoms with Gasteiger partial charge in [-0.05, 0) is 50.4 Å². The molecule has 1 saturated heterocycles. The molecule has 0 aromatic carbocycles. The van der Waals surface area contributed by atoms with Crippen LogP contribution in [0, 0.1) is 24.2 Å². The minimum Gasteiger partial charge on any atom is -0.246 e. The van der Waals surface area contributed by atoms with Crippen LogP contribution in [0.2, 0.25) is 0 Å². The van der Waals surface area contributed by atoms with E-state index >= 15 is 0 Å². The second kappa shape index (κ2) is 13.1. The molecule has 2 heterocycles. The summed E-state index contributed by atoms with van der Waals surface area (Å²) in [4.78, 5) is 4.33. The van der Waals surface area contributed by atoms with Gasteiger partial charge in [0.1, 0.15) is 0 Å². The summed E-state index contributed by atoms with van der Waals surface area (Å²) in [6.45, 7) is 24.7. The summed E-state index contributed by atoms with van der Waals surface area (Å²) >= 11 is 1.72. The molecule has 1 aromatic rings. The zero-order valence-corrected chi connectivity index (χ0v) is 21.7. The summed E-state index contributed by atoms with van der Waals surface area (Å²) < 4.78 is 23.8. The minimum atomic E-state index is -2.85. The van der Waals surface area contributed by atoms with Gasteiger partial charge < -0.3 is 0 Å². The molecule has 1 aliphatic heterocycles. The second-order valence-corrected chi connectivity index (χ2v) is 12.6. The molecule has 1 aliphatic rings. The molecule has 0 unspecified atom stereocenters. The van der Waals surface area contributed by atoms with Gasteiger partial charge in [0.05, 0.1) is 16.5 Å². The highest BCUT2D eigenvalue weighted by Gasteiger charge is 2.29. The number of sulfonamides is 1. The normalized spacial score (nSPS) is 16.4. The molecule has 29 heavy (non-hydrogen) atoms. The molecule has 0 saturated carbocycles. The number of hydrogen-bond donors (Lipinski definition) is 0. The van der Waals surface area contributed by atoms with Gasteiger partial charge in [0.25, 0.3) is 0 Å². The first-order chi connectivity index (χ1) is 12.6. The lowest BCUT2D eigenvalue weighted by atomic mass is 9.72. The van der Waals surface area contributed by atoms with Crippen molar-refractivity contribution in [2.24, 2.45) is 17.3 Å². The summed E-state index contributed by atoms with van der Waals surface area (Å²) in [5, 5.41) is 3.29. The van der Waals surface area contributed by atoms with E-state index < -0.39 is 10.0 Å². The van der Waals surface area contributed by atoms with Crippen molar-refractivity contribution < 1.29 is 8.42 Å². The summed E-state index contributed by atoms with van der Waals surface area (Å²) in [5.41, 5.74) is 1.72. The monoisotopic (exact) mass is 448 g/mol.